The van der Waals surface area contributed by atoms with Gasteiger partial charge < -0.3 is 15.7 Å². The van der Waals surface area contributed by atoms with E-state index in [4.69, 9.17) is 0 Å². The van der Waals surface area contributed by atoms with Crippen LogP contribution in [-0.4, -0.2) is 29.6 Å². The SMILES string of the molecule is CCC(CC)C(O)CNC(=O)CCC1Cc2ccccc2NC1=O. The summed E-state index contributed by atoms with van der Waals surface area (Å²) in [6, 6.07) is 7.76. The summed E-state index contributed by atoms with van der Waals surface area (Å²) in [7, 11) is 0. The topological polar surface area (TPSA) is 78.4 Å². The lowest BCUT2D eigenvalue weighted by atomic mass is 9.89. The van der Waals surface area contributed by atoms with Crippen molar-refractivity contribution in [1.82, 2.24) is 5.32 Å². The fourth-order valence-corrected chi connectivity index (χ4v) is 3.26. The number of amides is 2. The summed E-state index contributed by atoms with van der Waals surface area (Å²) >= 11 is 0. The first-order valence-corrected chi connectivity index (χ1v) is 8.88. The van der Waals surface area contributed by atoms with Crippen LogP contribution in [0.5, 0.6) is 0 Å². The standard InChI is InChI=1S/C19H28N2O3/c1-3-13(4-2)17(22)12-20-18(23)10-9-15-11-14-7-5-6-8-16(14)21-19(15)24/h5-8,13,15,17,22H,3-4,9-12H2,1-2H3,(H,20,23)(H,21,24). The molecule has 1 heterocycles. The molecule has 1 aliphatic heterocycles. The van der Waals surface area contributed by atoms with Crippen LogP contribution in [0.4, 0.5) is 5.69 Å². The summed E-state index contributed by atoms with van der Waals surface area (Å²) in [5.41, 5.74) is 1.99. The minimum Gasteiger partial charge on any atom is -0.391 e. The number of nitrogens with one attached hydrogen (secondary N) is 2. The number of hydrogen-bond donors (Lipinski definition) is 3. The third-order valence-electron chi connectivity index (χ3n) is 4.93. The number of benzene rings is 1. The Labute approximate surface area is 143 Å². The Morgan fingerprint density at radius 2 is 2.04 bits per heavy atom. The van der Waals surface area contributed by atoms with Gasteiger partial charge in [0, 0.05) is 24.6 Å². The average Bonchev–Trinajstić information content (AvgIpc) is 2.59. The highest BCUT2D eigenvalue weighted by Crippen LogP contribution is 2.27. The van der Waals surface area contributed by atoms with E-state index in [9.17, 15) is 14.7 Å². The quantitative estimate of drug-likeness (QED) is 0.684. The molecule has 0 saturated heterocycles. The van der Waals surface area contributed by atoms with E-state index in [2.05, 4.69) is 10.6 Å². The van der Waals surface area contributed by atoms with E-state index >= 15 is 0 Å². The molecule has 2 unspecified atom stereocenters. The number of carbonyl (C=O) groups excluding carboxylic acids is 2. The van der Waals surface area contributed by atoms with Gasteiger partial charge in [-0.1, -0.05) is 44.9 Å². The molecule has 0 radical (unpaired) electrons. The number of anilines is 1. The summed E-state index contributed by atoms with van der Waals surface area (Å²) in [4.78, 5) is 24.1. The molecule has 0 aromatic heterocycles. The number of hydrogen-bond acceptors (Lipinski definition) is 3. The molecule has 1 aromatic rings. The van der Waals surface area contributed by atoms with Gasteiger partial charge in [-0.05, 0) is 30.4 Å². The Kier molecular flexibility index (Phi) is 6.79. The molecule has 2 atom stereocenters. The van der Waals surface area contributed by atoms with E-state index in [0.29, 0.717) is 19.3 Å². The number of carbonyl (C=O) groups is 2. The van der Waals surface area contributed by atoms with E-state index < -0.39 is 6.10 Å². The molecule has 2 rings (SSSR count). The summed E-state index contributed by atoms with van der Waals surface area (Å²) in [5.74, 6) is -0.0780. The van der Waals surface area contributed by atoms with E-state index in [-0.39, 0.29) is 30.2 Å². The zero-order valence-corrected chi connectivity index (χ0v) is 14.5. The van der Waals surface area contributed by atoms with Gasteiger partial charge in [0.1, 0.15) is 0 Å². The number of para-hydroxylation sites is 1. The van der Waals surface area contributed by atoms with Gasteiger partial charge in [0.25, 0.3) is 0 Å². The summed E-state index contributed by atoms with van der Waals surface area (Å²) in [5, 5.41) is 15.7. The van der Waals surface area contributed by atoms with Crippen molar-refractivity contribution in [1.29, 1.82) is 0 Å². The van der Waals surface area contributed by atoms with E-state index in [0.717, 1.165) is 24.1 Å². The number of rotatable bonds is 8. The van der Waals surface area contributed by atoms with Crippen LogP contribution in [0.1, 0.15) is 45.1 Å². The largest absolute Gasteiger partial charge is 0.391 e. The van der Waals surface area contributed by atoms with E-state index in [1.807, 2.05) is 38.1 Å². The number of aliphatic hydroxyl groups is 1. The van der Waals surface area contributed by atoms with Crippen LogP contribution in [0.25, 0.3) is 0 Å². The highest BCUT2D eigenvalue weighted by atomic mass is 16.3. The number of aliphatic hydroxyl groups excluding tert-OH is 1. The maximum atomic E-state index is 12.1. The average molecular weight is 332 g/mol. The van der Waals surface area contributed by atoms with Crippen molar-refractivity contribution in [3.63, 3.8) is 0 Å². The second-order valence-corrected chi connectivity index (χ2v) is 6.53. The molecule has 1 aliphatic rings. The normalized spacial score (nSPS) is 18.0. The van der Waals surface area contributed by atoms with Gasteiger partial charge in [0.2, 0.25) is 11.8 Å². The molecule has 24 heavy (non-hydrogen) atoms. The Morgan fingerprint density at radius 1 is 1.33 bits per heavy atom. The van der Waals surface area contributed by atoms with Crippen LogP contribution < -0.4 is 10.6 Å². The maximum Gasteiger partial charge on any atom is 0.227 e. The van der Waals surface area contributed by atoms with Gasteiger partial charge in [0.15, 0.2) is 0 Å². The van der Waals surface area contributed by atoms with Gasteiger partial charge in [0.05, 0.1) is 6.10 Å². The highest BCUT2D eigenvalue weighted by Gasteiger charge is 2.26. The van der Waals surface area contributed by atoms with Crippen molar-refractivity contribution in [2.24, 2.45) is 11.8 Å². The Morgan fingerprint density at radius 3 is 2.75 bits per heavy atom. The minimum atomic E-state index is -0.506. The lowest BCUT2D eigenvalue weighted by molar-refractivity contribution is -0.123. The Balaban J connectivity index is 1.77. The van der Waals surface area contributed by atoms with Gasteiger partial charge in [-0.2, -0.15) is 0 Å². The zero-order chi connectivity index (χ0) is 17.5. The van der Waals surface area contributed by atoms with Crippen molar-refractivity contribution >= 4 is 17.5 Å². The van der Waals surface area contributed by atoms with Crippen LogP contribution in [0, 0.1) is 11.8 Å². The predicted molar refractivity (Wildman–Crippen MR) is 94.6 cm³/mol. The molecule has 2 amide bonds. The second kappa shape index (κ2) is 8.83. The van der Waals surface area contributed by atoms with Crippen molar-refractivity contribution in [3.05, 3.63) is 29.8 Å². The molecule has 0 bridgehead atoms. The van der Waals surface area contributed by atoms with Crippen molar-refractivity contribution in [2.45, 2.75) is 52.1 Å². The molecular formula is C19H28N2O3. The fraction of sp³-hybridized carbons (Fsp3) is 0.579. The zero-order valence-electron chi connectivity index (χ0n) is 14.5. The predicted octanol–water partition coefficient (Wildman–Crippen LogP) is 2.49. The molecule has 5 nitrogen and oxygen atoms in total. The van der Waals surface area contributed by atoms with E-state index in [1.165, 1.54) is 0 Å². The van der Waals surface area contributed by atoms with E-state index in [1.54, 1.807) is 0 Å². The minimum absolute atomic E-state index is 0.0152. The first-order valence-electron chi connectivity index (χ1n) is 8.88. The first kappa shape index (κ1) is 18.5. The molecule has 1 aromatic carbocycles. The van der Waals surface area contributed by atoms with Crippen LogP contribution >= 0.6 is 0 Å². The van der Waals surface area contributed by atoms with Gasteiger partial charge in [-0.3, -0.25) is 9.59 Å². The highest BCUT2D eigenvalue weighted by molar-refractivity contribution is 5.96. The van der Waals surface area contributed by atoms with Gasteiger partial charge >= 0.3 is 0 Å². The van der Waals surface area contributed by atoms with Crippen molar-refractivity contribution in [2.75, 3.05) is 11.9 Å². The lowest BCUT2D eigenvalue weighted by Crippen LogP contribution is -2.37. The van der Waals surface area contributed by atoms with Crippen LogP contribution in [-0.2, 0) is 16.0 Å². The molecule has 3 N–H and O–H groups in total. The monoisotopic (exact) mass is 332 g/mol. The van der Waals surface area contributed by atoms with Crippen molar-refractivity contribution in [3.8, 4) is 0 Å². The molecule has 132 valence electrons. The van der Waals surface area contributed by atoms with Crippen LogP contribution in [0.2, 0.25) is 0 Å². The molecule has 0 aliphatic carbocycles. The molecular weight excluding hydrogens is 304 g/mol. The molecule has 0 spiro atoms. The second-order valence-electron chi connectivity index (χ2n) is 6.53. The Bertz CT molecular complexity index is 569. The van der Waals surface area contributed by atoms with Gasteiger partial charge in [-0.15, -0.1) is 0 Å². The third kappa shape index (κ3) is 4.81. The van der Waals surface area contributed by atoms with Crippen LogP contribution in [0.3, 0.4) is 0 Å². The summed E-state index contributed by atoms with van der Waals surface area (Å²) in [6.45, 7) is 4.36. The molecule has 0 fully saturated rings. The number of fused-ring (bicyclic) bond motifs is 1. The fourth-order valence-electron chi connectivity index (χ4n) is 3.26. The molecule has 0 saturated carbocycles. The Hall–Kier alpha value is -1.88. The lowest BCUT2D eigenvalue weighted by Gasteiger charge is -2.24. The first-order chi connectivity index (χ1) is 11.5. The third-order valence-corrected chi connectivity index (χ3v) is 4.93. The van der Waals surface area contributed by atoms with Crippen molar-refractivity contribution < 1.29 is 14.7 Å². The van der Waals surface area contributed by atoms with Gasteiger partial charge in [-0.25, -0.2) is 0 Å². The smallest absolute Gasteiger partial charge is 0.227 e. The molecule has 5 heteroatoms. The maximum absolute atomic E-state index is 12.1. The summed E-state index contributed by atoms with van der Waals surface area (Å²) in [6.07, 6.45) is 2.78. The summed E-state index contributed by atoms with van der Waals surface area (Å²) < 4.78 is 0. The van der Waals surface area contributed by atoms with Crippen LogP contribution in [0.15, 0.2) is 24.3 Å².